The summed E-state index contributed by atoms with van der Waals surface area (Å²) in [5.74, 6) is -0.953. The molecule has 0 amide bonds. The number of nitrogens with two attached hydrogens (primary N) is 1. The Labute approximate surface area is 158 Å². The highest BCUT2D eigenvalue weighted by Gasteiger charge is 2.40. The van der Waals surface area contributed by atoms with Gasteiger partial charge in [-0.2, -0.15) is 5.26 Å². The van der Waals surface area contributed by atoms with Crippen LogP contribution >= 0.6 is 0 Å². The van der Waals surface area contributed by atoms with Gasteiger partial charge in [-0.3, -0.25) is 25.3 Å². The van der Waals surface area contributed by atoms with Crippen LogP contribution in [-0.2, 0) is 0 Å². The molecule has 1 aromatic heterocycles. The van der Waals surface area contributed by atoms with Crippen molar-refractivity contribution in [2.45, 2.75) is 33.6 Å². The third-order valence-corrected chi connectivity index (χ3v) is 5.01. The molecule has 0 fully saturated rings. The van der Waals surface area contributed by atoms with Gasteiger partial charge in [-0.15, -0.1) is 5.10 Å². The number of ether oxygens (including phenoxy) is 1. The summed E-state index contributed by atoms with van der Waals surface area (Å²) in [5.41, 5.74) is 6.87. The second-order valence-corrected chi connectivity index (χ2v) is 6.49. The molecule has 0 spiro atoms. The highest BCUT2D eigenvalue weighted by atomic mass is 16.6. The summed E-state index contributed by atoms with van der Waals surface area (Å²) in [5, 5.41) is 39.8. The molecule has 3 rings (SSSR count). The van der Waals surface area contributed by atoms with Crippen LogP contribution in [0, 0.1) is 59.3 Å². The molecule has 28 heavy (non-hydrogen) atoms. The number of nitrogens with one attached hydrogen (secondary N) is 1. The van der Waals surface area contributed by atoms with Gasteiger partial charge in [0.1, 0.15) is 17.2 Å². The first kappa shape index (κ1) is 18.8. The van der Waals surface area contributed by atoms with E-state index in [0.717, 1.165) is 0 Å². The quantitative estimate of drug-likeness (QED) is 0.599. The maximum absolute atomic E-state index is 11.7. The SMILES string of the molecule is Cc1[nH]nc2c1C(c1c(C)c([N+](=O)[O-])c(C)c([N+](=O)[O-])c1C)C(C#N)=C(N)O2. The molecule has 3 N–H and O–H groups in total. The maximum atomic E-state index is 11.7. The maximum Gasteiger partial charge on any atom is 0.282 e. The van der Waals surface area contributed by atoms with E-state index >= 15 is 0 Å². The average molecular weight is 384 g/mol. The zero-order valence-corrected chi connectivity index (χ0v) is 15.5. The lowest BCUT2D eigenvalue weighted by Gasteiger charge is -2.26. The van der Waals surface area contributed by atoms with Gasteiger partial charge >= 0.3 is 0 Å². The van der Waals surface area contributed by atoms with E-state index in [4.69, 9.17) is 10.5 Å². The Kier molecular flexibility index (Phi) is 4.27. The molecule has 144 valence electrons. The predicted octanol–water partition coefficient (Wildman–Crippen LogP) is 2.68. The normalized spacial score (nSPS) is 15.6. The molecule has 0 radical (unpaired) electrons. The minimum atomic E-state index is -0.884. The summed E-state index contributed by atoms with van der Waals surface area (Å²) in [4.78, 5) is 22.1. The lowest BCUT2D eigenvalue weighted by Crippen LogP contribution is -2.23. The Morgan fingerprint density at radius 3 is 2.07 bits per heavy atom. The fourth-order valence-electron chi connectivity index (χ4n) is 3.88. The van der Waals surface area contributed by atoms with Crippen molar-refractivity contribution >= 4 is 11.4 Å². The smallest absolute Gasteiger partial charge is 0.282 e. The molecule has 0 bridgehead atoms. The molecule has 2 aromatic rings. The zero-order valence-electron chi connectivity index (χ0n) is 15.5. The number of H-pyrrole nitrogens is 1. The van der Waals surface area contributed by atoms with Crippen molar-refractivity contribution in [2.75, 3.05) is 0 Å². The van der Waals surface area contributed by atoms with Gasteiger partial charge in [0.05, 0.1) is 15.8 Å². The molecule has 0 saturated carbocycles. The lowest BCUT2D eigenvalue weighted by molar-refractivity contribution is -0.396. The van der Waals surface area contributed by atoms with Crippen LogP contribution in [0.5, 0.6) is 5.88 Å². The number of nitro groups is 2. The van der Waals surface area contributed by atoms with Gasteiger partial charge in [-0.25, -0.2) is 0 Å². The summed E-state index contributed by atoms with van der Waals surface area (Å²) < 4.78 is 5.39. The van der Waals surface area contributed by atoms with Crippen molar-refractivity contribution in [1.29, 1.82) is 5.26 Å². The first-order valence-electron chi connectivity index (χ1n) is 8.16. The minimum absolute atomic E-state index is 0.00986. The molecule has 11 nitrogen and oxygen atoms in total. The van der Waals surface area contributed by atoms with Gasteiger partial charge < -0.3 is 10.5 Å². The molecular weight excluding hydrogens is 368 g/mol. The average Bonchev–Trinajstić information content (AvgIpc) is 2.94. The number of rotatable bonds is 3. The number of hydrogen-bond donors (Lipinski definition) is 2. The highest BCUT2D eigenvalue weighted by molar-refractivity contribution is 5.70. The van der Waals surface area contributed by atoms with E-state index < -0.39 is 15.8 Å². The Morgan fingerprint density at radius 2 is 1.61 bits per heavy atom. The molecule has 2 heterocycles. The van der Waals surface area contributed by atoms with Crippen LogP contribution in [0.15, 0.2) is 11.5 Å². The third kappa shape index (κ3) is 2.46. The number of allylic oxidation sites excluding steroid dienone is 1. The van der Waals surface area contributed by atoms with E-state index in [1.165, 1.54) is 20.8 Å². The second-order valence-electron chi connectivity index (χ2n) is 6.49. The van der Waals surface area contributed by atoms with Crippen molar-refractivity contribution < 1.29 is 14.6 Å². The van der Waals surface area contributed by atoms with Crippen LogP contribution < -0.4 is 10.5 Å². The zero-order chi connectivity index (χ0) is 20.9. The van der Waals surface area contributed by atoms with Crippen LogP contribution in [-0.4, -0.2) is 20.0 Å². The Bertz CT molecular complexity index is 1080. The summed E-state index contributed by atoms with van der Waals surface area (Å²) in [6.45, 7) is 6.05. The van der Waals surface area contributed by atoms with Gasteiger partial charge in [0.2, 0.25) is 11.8 Å². The monoisotopic (exact) mass is 384 g/mol. The number of aromatic amines is 1. The van der Waals surface area contributed by atoms with E-state index in [-0.39, 0.29) is 51.0 Å². The summed E-state index contributed by atoms with van der Waals surface area (Å²) in [6.07, 6.45) is 0. The molecule has 1 unspecified atom stereocenters. The van der Waals surface area contributed by atoms with E-state index in [9.17, 15) is 25.5 Å². The number of benzene rings is 1. The number of nitrogens with zero attached hydrogens (tertiary/aromatic N) is 4. The largest absolute Gasteiger partial charge is 0.420 e. The number of fused-ring (bicyclic) bond motifs is 1. The van der Waals surface area contributed by atoms with Crippen LogP contribution in [0.1, 0.15) is 39.4 Å². The van der Waals surface area contributed by atoms with Crippen molar-refractivity contribution in [3.63, 3.8) is 0 Å². The molecular formula is C17H16N6O5. The summed E-state index contributed by atoms with van der Waals surface area (Å²) in [6, 6.07) is 1.97. The minimum Gasteiger partial charge on any atom is -0.420 e. The summed E-state index contributed by atoms with van der Waals surface area (Å²) >= 11 is 0. The Hall–Kier alpha value is -3.94. The molecule has 1 aromatic carbocycles. The van der Waals surface area contributed by atoms with Gasteiger partial charge in [0.25, 0.3) is 11.4 Å². The summed E-state index contributed by atoms with van der Waals surface area (Å²) in [7, 11) is 0. The van der Waals surface area contributed by atoms with Gasteiger partial charge in [-0.1, -0.05) is 0 Å². The van der Waals surface area contributed by atoms with Crippen LogP contribution in [0.3, 0.4) is 0 Å². The first-order valence-corrected chi connectivity index (χ1v) is 8.16. The number of nitriles is 1. The Balaban J connectivity index is 2.51. The van der Waals surface area contributed by atoms with Crippen molar-refractivity contribution in [3.05, 3.63) is 65.2 Å². The highest BCUT2D eigenvalue weighted by Crippen LogP contribution is 2.48. The van der Waals surface area contributed by atoms with Crippen LogP contribution in [0.2, 0.25) is 0 Å². The first-order chi connectivity index (χ1) is 13.1. The van der Waals surface area contributed by atoms with E-state index in [1.54, 1.807) is 6.92 Å². The molecule has 1 aliphatic rings. The molecule has 11 heteroatoms. The Morgan fingerprint density at radius 1 is 1.07 bits per heavy atom. The van der Waals surface area contributed by atoms with E-state index in [2.05, 4.69) is 10.2 Å². The molecule has 1 aliphatic heterocycles. The van der Waals surface area contributed by atoms with Gasteiger partial charge in [-0.05, 0) is 33.3 Å². The molecule has 1 atom stereocenters. The van der Waals surface area contributed by atoms with E-state index in [0.29, 0.717) is 11.3 Å². The fourth-order valence-corrected chi connectivity index (χ4v) is 3.88. The standard InChI is InChI=1S/C17H16N6O5/c1-6-11(7(2)15(23(26)27)8(3)14(6)22(24)25)13-10(5-18)16(19)28-17-12(13)9(4)20-21-17/h13H,19H2,1-4H3,(H,20,21). The predicted molar refractivity (Wildman–Crippen MR) is 96.6 cm³/mol. The molecule has 0 aliphatic carbocycles. The lowest BCUT2D eigenvalue weighted by atomic mass is 9.78. The topological polar surface area (TPSA) is 174 Å². The van der Waals surface area contributed by atoms with Crippen LogP contribution in [0.4, 0.5) is 11.4 Å². The third-order valence-electron chi connectivity index (χ3n) is 5.01. The number of hydrogen-bond acceptors (Lipinski definition) is 8. The number of aryl methyl sites for hydroxylation is 1. The van der Waals surface area contributed by atoms with Crippen molar-refractivity contribution in [3.8, 4) is 11.9 Å². The number of nitro benzene ring substituents is 2. The van der Waals surface area contributed by atoms with E-state index in [1.807, 2.05) is 6.07 Å². The van der Waals surface area contributed by atoms with Gasteiger partial charge in [0.15, 0.2) is 0 Å². The van der Waals surface area contributed by atoms with Crippen LogP contribution in [0.25, 0.3) is 0 Å². The molecule has 0 saturated heterocycles. The van der Waals surface area contributed by atoms with Gasteiger partial charge in [0, 0.05) is 22.4 Å². The van der Waals surface area contributed by atoms with Crippen molar-refractivity contribution in [2.24, 2.45) is 5.73 Å². The fraction of sp³-hybridized carbons (Fsp3) is 0.294. The second kappa shape index (κ2) is 6.34. The van der Waals surface area contributed by atoms with Crippen molar-refractivity contribution in [1.82, 2.24) is 10.2 Å². The number of aromatic nitrogens is 2.